The fourth-order valence-corrected chi connectivity index (χ4v) is 3.18. The Hall–Kier alpha value is -2.18. The number of primary amides is 1. The summed E-state index contributed by atoms with van der Waals surface area (Å²) in [5, 5.41) is 8.22. The number of hydrogen-bond acceptors (Lipinski definition) is 4. The van der Waals surface area contributed by atoms with Gasteiger partial charge in [0, 0.05) is 6.04 Å². The van der Waals surface area contributed by atoms with E-state index in [-0.39, 0.29) is 18.5 Å². The molecule has 1 aromatic carbocycles. The molecule has 2 rings (SSSR count). The van der Waals surface area contributed by atoms with Crippen molar-refractivity contribution in [2.45, 2.75) is 19.9 Å². The first kappa shape index (κ1) is 17.2. The van der Waals surface area contributed by atoms with Crippen molar-refractivity contribution in [2.75, 3.05) is 11.9 Å². The molecule has 2 amide bonds. The topological polar surface area (TPSA) is 84.2 Å². The van der Waals surface area contributed by atoms with Crippen LogP contribution >= 0.6 is 11.3 Å². The van der Waals surface area contributed by atoms with Crippen molar-refractivity contribution in [3.63, 3.8) is 0 Å². The summed E-state index contributed by atoms with van der Waals surface area (Å²) in [6.45, 7) is 4.37. The average Bonchev–Trinajstić information content (AvgIpc) is 2.96. The van der Waals surface area contributed by atoms with E-state index < -0.39 is 5.91 Å². The summed E-state index contributed by atoms with van der Waals surface area (Å²) >= 11 is 1.28. The number of rotatable bonds is 7. The molecule has 0 aliphatic heterocycles. The van der Waals surface area contributed by atoms with Gasteiger partial charge in [0.15, 0.2) is 0 Å². The normalized spacial score (nSPS) is 12.1. The molecular weight excluding hydrogens is 310 g/mol. The summed E-state index contributed by atoms with van der Waals surface area (Å²) in [6, 6.07) is 11.7. The number of benzene rings is 1. The Morgan fingerprint density at radius 1 is 1.17 bits per heavy atom. The van der Waals surface area contributed by atoms with E-state index in [1.165, 1.54) is 11.3 Å². The molecule has 0 fully saturated rings. The molecule has 0 aliphatic carbocycles. The van der Waals surface area contributed by atoms with E-state index in [2.05, 4.69) is 24.5 Å². The molecule has 0 aliphatic rings. The summed E-state index contributed by atoms with van der Waals surface area (Å²) in [7, 11) is 0. The minimum Gasteiger partial charge on any atom is -0.366 e. The summed E-state index contributed by atoms with van der Waals surface area (Å²) in [5.41, 5.74) is 6.76. The Labute approximate surface area is 139 Å². The van der Waals surface area contributed by atoms with Gasteiger partial charge in [-0.2, -0.15) is 0 Å². The Morgan fingerprint density at radius 3 is 2.48 bits per heavy atom. The summed E-state index contributed by atoms with van der Waals surface area (Å²) in [5.74, 6) is -0.400. The van der Waals surface area contributed by atoms with E-state index in [0.29, 0.717) is 16.5 Å². The highest BCUT2D eigenvalue weighted by Gasteiger charge is 2.17. The van der Waals surface area contributed by atoms with Gasteiger partial charge >= 0.3 is 0 Å². The highest BCUT2D eigenvalue weighted by Crippen LogP contribution is 2.23. The largest absolute Gasteiger partial charge is 0.366 e. The van der Waals surface area contributed by atoms with Crippen LogP contribution in [0.25, 0.3) is 0 Å². The predicted molar refractivity (Wildman–Crippen MR) is 93.5 cm³/mol. The number of anilines is 1. The van der Waals surface area contributed by atoms with Gasteiger partial charge in [-0.3, -0.25) is 9.59 Å². The van der Waals surface area contributed by atoms with Crippen LogP contribution in [-0.4, -0.2) is 18.4 Å². The molecule has 0 radical (unpaired) electrons. The van der Waals surface area contributed by atoms with E-state index in [4.69, 9.17) is 5.73 Å². The minimum absolute atomic E-state index is 0.0842. The van der Waals surface area contributed by atoms with Gasteiger partial charge in [-0.1, -0.05) is 44.2 Å². The molecule has 0 spiro atoms. The average molecular weight is 331 g/mol. The maximum atomic E-state index is 12.1. The standard InChI is InChI=1S/C17H21N3O2S/c1-11(2)15(12-6-4-3-5-7-12)19-10-14(21)20-17-13(16(18)22)8-9-23-17/h3-9,11,15,19H,10H2,1-2H3,(H2,18,22)(H,20,21)/t15-/m1/s1. The highest BCUT2D eigenvalue weighted by atomic mass is 32.1. The Morgan fingerprint density at radius 2 is 1.87 bits per heavy atom. The molecule has 4 N–H and O–H groups in total. The molecule has 6 heteroatoms. The third kappa shape index (κ3) is 4.64. The quantitative estimate of drug-likeness (QED) is 0.729. The van der Waals surface area contributed by atoms with E-state index in [9.17, 15) is 9.59 Å². The second kappa shape index (κ2) is 7.89. The van der Waals surface area contributed by atoms with Crippen LogP contribution in [0.2, 0.25) is 0 Å². The molecule has 5 nitrogen and oxygen atoms in total. The van der Waals surface area contributed by atoms with Crippen LogP contribution in [0.1, 0.15) is 35.8 Å². The van der Waals surface area contributed by atoms with E-state index in [1.54, 1.807) is 11.4 Å². The SMILES string of the molecule is CC(C)[C@@H](NCC(=O)Nc1sccc1C(N)=O)c1ccccc1. The first-order valence-corrected chi connectivity index (χ1v) is 8.32. The summed E-state index contributed by atoms with van der Waals surface area (Å²) in [4.78, 5) is 23.4. The third-order valence-corrected chi connectivity index (χ3v) is 4.32. The van der Waals surface area contributed by atoms with Gasteiger partial charge < -0.3 is 16.4 Å². The van der Waals surface area contributed by atoms with Crippen LogP contribution in [-0.2, 0) is 4.79 Å². The molecule has 1 aromatic heterocycles. The van der Waals surface area contributed by atoms with Crippen LogP contribution in [0.4, 0.5) is 5.00 Å². The molecular formula is C17H21N3O2S. The zero-order valence-electron chi connectivity index (χ0n) is 13.2. The summed E-state index contributed by atoms with van der Waals surface area (Å²) in [6.07, 6.45) is 0. The van der Waals surface area contributed by atoms with Crippen molar-refractivity contribution in [3.05, 3.63) is 52.9 Å². The molecule has 0 bridgehead atoms. The number of carbonyl (C=O) groups excluding carboxylic acids is 2. The zero-order valence-corrected chi connectivity index (χ0v) is 14.0. The first-order valence-electron chi connectivity index (χ1n) is 7.44. The van der Waals surface area contributed by atoms with Crippen molar-refractivity contribution in [1.82, 2.24) is 5.32 Å². The maximum absolute atomic E-state index is 12.1. The monoisotopic (exact) mass is 331 g/mol. The number of amides is 2. The number of nitrogens with one attached hydrogen (secondary N) is 2. The van der Waals surface area contributed by atoms with Crippen LogP contribution < -0.4 is 16.4 Å². The van der Waals surface area contributed by atoms with Crippen molar-refractivity contribution in [3.8, 4) is 0 Å². The fraction of sp³-hybridized carbons (Fsp3) is 0.294. The van der Waals surface area contributed by atoms with Crippen LogP contribution in [0.3, 0.4) is 0 Å². The lowest BCUT2D eigenvalue weighted by molar-refractivity contribution is -0.115. The molecule has 122 valence electrons. The zero-order chi connectivity index (χ0) is 16.8. The number of thiophene rings is 1. The van der Waals surface area contributed by atoms with Gasteiger partial charge in [0.1, 0.15) is 5.00 Å². The number of carbonyl (C=O) groups is 2. The van der Waals surface area contributed by atoms with Gasteiger partial charge in [-0.05, 0) is 22.9 Å². The lowest BCUT2D eigenvalue weighted by atomic mass is 9.96. The Kier molecular flexibility index (Phi) is 5.90. The van der Waals surface area contributed by atoms with Crippen molar-refractivity contribution in [2.24, 2.45) is 11.7 Å². The molecule has 1 heterocycles. The summed E-state index contributed by atoms with van der Waals surface area (Å²) < 4.78 is 0. The number of hydrogen-bond donors (Lipinski definition) is 3. The van der Waals surface area contributed by atoms with Gasteiger partial charge in [0.05, 0.1) is 12.1 Å². The fourth-order valence-electron chi connectivity index (χ4n) is 2.37. The van der Waals surface area contributed by atoms with Gasteiger partial charge in [0.2, 0.25) is 5.91 Å². The van der Waals surface area contributed by atoms with Crippen LogP contribution in [0.5, 0.6) is 0 Å². The lowest BCUT2D eigenvalue weighted by Gasteiger charge is -2.22. The molecule has 23 heavy (non-hydrogen) atoms. The number of nitrogens with two attached hydrogens (primary N) is 1. The lowest BCUT2D eigenvalue weighted by Crippen LogP contribution is -2.33. The van der Waals surface area contributed by atoms with Gasteiger partial charge in [0.25, 0.3) is 5.91 Å². The molecule has 1 atom stereocenters. The highest BCUT2D eigenvalue weighted by molar-refractivity contribution is 7.14. The maximum Gasteiger partial charge on any atom is 0.251 e. The van der Waals surface area contributed by atoms with Crippen LogP contribution in [0, 0.1) is 5.92 Å². The Bertz CT molecular complexity index is 667. The molecule has 2 aromatic rings. The minimum atomic E-state index is -0.543. The Balaban J connectivity index is 1.97. The predicted octanol–water partition coefficient (Wildman–Crippen LogP) is 2.77. The van der Waals surface area contributed by atoms with Crippen molar-refractivity contribution < 1.29 is 9.59 Å². The molecule has 0 saturated heterocycles. The first-order chi connectivity index (χ1) is 11.0. The van der Waals surface area contributed by atoms with Gasteiger partial charge in [-0.15, -0.1) is 11.3 Å². The third-order valence-electron chi connectivity index (χ3n) is 3.49. The van der Waals surface area contributed by atoms with E-state index in [1.807, 2.05) is 30.3 Å². The molecule has 0 saturated carbocycles. The van der Waals surface area contributed by atoms with Crippen molar-refractivity contribution >= 4 is 28.2 Å². The van der Waals surface area contributed by atoms with Crippen molar-refractivity contribution in [1.29, 1.82) is 0 Å². The molecule has 0 unspecified atom stereocenters. The van der Waals surface area contributed by atoms with Crippen LogP contribution in [0.15, 0.2) is 41.8 Å². The smallest absolute Gasteiger partial charge is 0.251 e. The second-order valence-corrected chi connectivity index (χ2v) is 6.51. The van der Waals surface area contributed by atoms with E-state index in [0.717, 1.165) is 5.56 Å². The van der Waals surface area contributed by atoms with E-state index >= 15 is 0 Å². The second-order valence-electron chi connectivity index (χ2n) is 5.59. The van der Waals surface area contributed by atoms with Gasteiger partial charge in [-0.25, -0.2) is 0 Å².